The number of aliphatic hydroxyl groups is 1. The maximum atomic E-state index is 13.1. The van der Waals surface area contributed by atoms with Crippen LogP contribution in [0.1, 0.15) is 36.6 Å². The van der Waals surface area contributed by atoms with Gasteiger partial charge < -0.3 is 19.6 Å². The summed E-state index contributed by atoms with van der Waals surface area (Å²) >= 11 is 3.44. The van der Waals surface area contributed by atoms with Crippen LogP contribution in [0.5, 0.6) is 5.75 Å². The minimum atomic E-state index is -0.662. The van der Waals surface area contributed by atoms with Gasteiger partial charge in [-0.2, -0.15) is 0 Å². The van der Waals surface area contributed by atoms with Crippen molar-refractivity contribution in [2.75, 3.05) is 33.3 Å². The number of ether oxygens (including phenoxy) is 1. The smallest absolute Gasteiger partial charge is 0.295 e. The Hall–Kier alpha value is -2.64. The highest BCUT2D eigenvalue weighted by molar-refractivity contribution is 9.10. The Labute approximate surface area is 197 Å². The SMILES string of the molecule is CCN(CC)CCN1C(=O)C(=O)C(=C(O)c2ccc(OC)cc2C)[C@H]1c1ccc(Br)cc1. The minimum Gasteiger partial charge on any atom is -0.507 e. The number of amides is 1. The van der Waals surface area contributed by atoms with Crippen LogP contribution in [0.3, 0.4) is 0 Å². The number of hydrogen-bond acceptors (Lipinski definition) is 5. The Balaban J connectivity index is 2.12. The summed E-state index contributed by atoms with van der Waals surface area (Å²) in [5.41, 5.74) is 2.16. The molecule has 6 nitrogen and oxygen atoms in total. The molecule has 0 radical (unpaired) electrons. The van der Waals surface area contributed by atoms with Gasteiger partial charge in [0.2, 0.25) is 0 Å². The molecule has 170 valence electrons. The molecule has 1 aliphatic rings. The van der Waals surface area contributed by atoms with E-state index in [0.717, 1.165) is 28.7 Å². The molecule has 1 aliphatic heterocycles. The largest absolute Gasteiger partial charge is 0.507 e. The fourth-order valence-corrected chi connectivity index (χ4v) is 4.33. The van der Waals surface area contributed by atoms with Gasteiger partial charge in [0, 0.05) is 23.1 Å². The number of hydrogen-bond donors (Lipinski definition) is 1. The van der Waals surface area contributed by atoms with Crippen molar-refractivity contribution in [2.24, 2.45) is 0 Å². The van der Waals surface area contributed by atoms with Crippen molar-refractivity contribution in [3.05, 3.63) is 69.2 Å². The molecule has 0 aliphatic carbocycles. The lowest BCUT2D eigenvalue weighted by Gasteiger charge is -2.28. The second kappa shape index (κ2) is 10.3. The molecule has 7 heteroatoms. The average Bonchev–Trinajstić information content (AvgIpc) is 3.04. The Morgan fingerprint density at radius 2 is 1.78 bits per heavy atom. The van der Waals surface area contributed by atoms with Crippen LogP contribution in [0, 0.1) is 6.92 Å². The highest BCUT2D eigenvalue weighted by atomic mass is 79.9. The highest BCUT2D eigenvalue weighted by Gasteiger charge is 2.46. The molecule has 1 heterocycles. The number of carbonyl (C=O) groups is 2. The van der Waals surface area contributed by atoms with Gasteiger partial charge in [0.25, 0.3) is 11.7 Å². The van der Waals surface area contributed by atoms with E-state index in [2.05, 4.69) is 34.7 Å². The van der Waals surface area contributed by atoms with E-state index in [1.807, 2.05) is 31.2 Å². The van der Waals surface area contributed by atoms with Crippen LogP contribution < -0.4 is 4.74 Å². The van der Waals surface area contributed by atoms with E-state index in [0.29, 0.717) is 24.4 Å². The number of likely N-dealkylation sites (tertiary alicyclic amines) is 1. The molecule has 1 N–H and O–H groups in total. The normalized spacial score (nSPS) is 17.9. The van der Waals surface area contributed by atoms with Gasteiger partial charge in [-0.15, -0.1) is 0 Å². The Bertz CT molecular complexity index is 1030. The number of aryl methyl sites for hydroxylation is 1. The van der Waals surface area contributed by atoms with E-state index in [9.17, 15) is 14.7 Å². The molecular formula is C25H29BrN2O4. The quantitative estimate of drug-likeness (QED) is 0.327. The number of methoxy groups -OCH3 is 1. The number of halogens is 1. The van der Waals surface area contributed by atoms with Gasteiger partial charge in [-0.05, 0) is 61.5 Å². The van der Waals surface area contributed by atoms with Crippen LogP contribution in [0.15, 0.2) is 52.5 Å². The lowest BCUT2D eigenvalue weighted by Crippen LogP contribution is -2.38. The summed E-state index contributed by atoms with van der Waals surface area (Å²) in [5.74, 6) is -0.757. The predicted octanol–water partition coefficient (Wildman–Crippen LogP) is 4.53. The molecule has 32 heavy (non-hydrogen) atoms. The van der Waals surface area contributed by atoms with E-state index >= 15 is 0 Å². The van der Waals surface area contributed by atoms with E-state index < -0.39 is 17.7 Å². The van der Waals surface area contributed by atoms with Crippen LogP contribution in [-0.2, 0) is 9.59 Å². The van der Waals surface area contributed by atoms with E-state index in [1.54, 1.807) is 30.2 Å². The van der Waals surface area contributed by atoms with Crippen molar-refractivity contribution in [1.29, 1.82) is 0 Å². The zero-order valence-electron chi connectivity index (χ0n) is 18.9. The summed E-state index contributed by atoms with van der Waals surface area (Å²) in [6.07, 6.45) is 0. The lowest BCUT2D eigenvalue weighted by atomic mass is 9.94. The zero-order chi connectivity index (χ0) is 23.4. The van der Waals surface area contributed by atoms with Gasteiger partial charge in [0.15, 0.2) is 0 Å². The number of aliphatic hydroxyl groups excluding tert-OH is 1. The highest BCUT2D eigenvalue weighted by Crippen LogP contribution is 2.40. The summed E-state index contributed by atoms with van der Waals surface area (Å²) in [5, 5.41) is 11.2. The second-order valence-corrected chi connectivity index (χ2v) is 8.67. The van der Waals surface area contributed by atoms with Gasteiger partial charge >= 0.3 is 0 Å². The summed E-state index contributed by atoms with van der Waals surface area (Å²) in [7, 11) is 1.57. The maximum absolute atomic E-state index is 13.1. The van der Waals surface area contributed by atoms with Crippen LogP contribution in [-0.4, -0.2) is 59.9 Å². The van der Waals surface area contributed by atoms with Crippen molar-refractivity contribution in [1.82, 2.24) is 9.80 Å². The number of rotatable bonds is 8. The average molecular weight is 501 g/mol. The Kier molecular flexibility index (Phi) is 7.74. The van der Waals surface area contributed by atoms with Crippen molar-refractivity contribution in [2.45, 2.75) is 26.8 Å². The van der Waals surface area contributed by atoms with Crippen LogP contribution >= 0.6 is 15.9 Å². The van der Waals surface area contributed by atoms with Crippen molar-refractivity contribution in [3.8, 4) is 5.75 Å². The number of Topliss-reactive ketones (excluding diaryl/α,β-unsaturated/α-hetero) is 1. The third kappa shape index (κ3) is 4.74. The first kappa shape index (κ1) is 24.0. The van der Waals surface area contributed by atoms with Gasteiger partial charge in [0.1, 0.15) is 11.5 Å². The first-order chi connectivity index (χ1) is 15.3. The summed E-state index contributed by atoms with van der Waals surface area (Å²) in [6.45, 7) is 8.72. The molecule has 0 bridgehead atoms. The van der Waals surface area contributed by atoms with Gasteiger partial charge in [-0.25, -0.2) is 0 Å². The van der Waals surface area contributed by atoms with E-state index in [-0.39, 0.29) is 11.3 Å². The first-order valence-corrected chi connectivity index (χ1v) is 11.5. The Morgan fingerprint density at radius 3 is 2.34 bits per heavy atom. The molecule has 1 atom stereocenters. The lowest BCUT2D eigenvalue weighted by molar-refractivity contribution is -0.140. The fraction of sp³-hybridized carbons (Fsp3) is 0.360. The molecule has 0 saturated carbocycles. The van der Waals surface area contributed by atoms with Crippen LogP contribution in [0.2, 0.25) is 0 Å². The molecular weight excluding hydrogens is 472 g/mol. The first-order valence-electron chi connectivity index (χ1n) is 10.7. The topological polar surface area (TPSA) is 70.1 Å². The van der Waals surface area contributed by atoms with Gasteiger partial charge in [-0.1, -0.05) is 41.9 Å². The summed E-state index contributed by atoms with van der Waals surface area (Å²) in [6, 6.07) is 12.1. The molecule has 1 fully saturated rings. The zero-order valence-corrected chi connectivity index (χ0v) is 20.5. The minimum absolute atomic E-state index is 0.116. The van der Waals surface area contributed by atoms with Crippen LogP contribution in [0.25, 0.3) is 5.76 Å². The molecule has 2 aromatic carbocycles. The standard InChI is InChI=1S/C25H29BrN2O4/c1-5-27(6-2)13-14-28-22(17-7-9-18(26)10-8-17)21(24(30)25(28)31)23(29)20-12-11-19(32-4)15-16(20)3/h7-12,15,22,29H,5-6,13-14H2,1-4H3/t22-/m1/s1. The van der Waals surface area contributed by atoms with Crippen LogP contribution in [0.4, 0.5) is 0 Å². The molecule has 1 amide bonds. The molecule has 1 saturated heterocycles. The number of nitrogens with zero attached hydrogens (tertiary/aromatic N) is 2. The van der Waals surface area contributed by atoms with Gasteiger partial charge in [0.05, 0.1) is 18.7 Å². The number of likely N-dealkylation sites (N-methyl/N-ethyl adjacent to an activating group) is 1. The summed E-state index contributed by atoms with van der Waals surface area (Å²) in [4.78, 5) is 30.0. The van der Waals surface area contributed by atoms with Crippen molar-refractivity contribution < 1.29 is 19.4 Å². The van der Waals surface area contributed by atoms with Crippen molar-refractivity contribution >= 4 is 33.4 Å². The van der Waals surface area contributed by atoms with Gasteiger partial charge in [-0.3, -0.25) is 9.59 Å². The number of carbonyl (C=O) groups excluding carboxylic acids is 2. The summed E-state index contributed by atoms with van der Waals surface area (Å²) < 4.78 is 6.15. The predicted molar refractivity (Wildman–Crippen MR) is 129 cm³/mol. The van der Waals surface area contributed by atoms with E-state index in [4.69, 9.17) is 4.74 Å². The fourth-order valence-electron chi connectivity index (χ4n) is 4.07. The number of benzene rings is 2. The monoisotopic (exact) mass is 500 g/mol. The molecule has 3 rings (SSSR count). The molecule has 2 aromatic rings. The number of ketones is 1. The Morgan fingerprint density at radius 1 is 1.12 bits per heavy atom. The second-order valence-electron chi connectivity index (χ2n) is 7.75. The van der Waals surface area contributed by atoms with E-state index in [1.165, 1.54) is 0 Å². The molecule has 0 aromatic heterocycles. The third-order valence-electron chi connectivity index (χ3n) is 5.97. The molecule has 0 unspecified atom stereocenters. The third-order valence-corrected chi connectivity index (χ3v) is 6.49. The van der Waals surface area contributed by atoms with Crippen molar-refractivity contribution in [3.63, 3.8) is 0 Å². The molecule has 0 spiro atoms. The maximum Gasteiger partial charge on any atom is 0.295 e.